The van der Waals surface area contributed by atoms with Crippen LogP contribution in [0.4, 0.5) is 5.69 Å². The standard InChI is InChI=1S/C31H42N6O5/c1-6-37(23-7-9-36(10-8-23)22(5)38)25-16-26-29(34-27(42-26)18-35-11-13-41-14-12-35)28(21(25)4)31(40)32-17-24-19(2)15-20(3)33-30(24)39/h15-16,23H,6-14,17-18H2,1-5H3,(H,32,40)(H,33,39). The predicted molar refractivity (Wildman–Crippen MR) is 161 cm³/mol. The largest absolute Gasteiger partial charge is 0.439 e. The Morgan fingerprint density at radius 2 is 1.83 bits per heavy atom. The highest BCUT2D eigenvalue weighted by Crippen LogP contribution is 2.35. The number of likely N-dealkylation sites (tertiary alicyclic amines) is 1. The van der Waals surface area contributed by atoms with E-state index in [0.29, 0.717) is 61.0 Å². The van der Waals surface area contributed by atoms with Crippen LogP contribution in [-0.4, -0.2) is 83.6 Å². The number of ether oxygens (including phenoxy) is 1. The number of nitrogens with zero attached hydrogens (tertiary/aromatic N) is 4. The number of aromatic nitrogens is 2. The number of aromatic amines is 1. The molecule has 0 unspecified atom stereocenters. The fourth-order valence-corrected chi connectivity index (χ4v) is 6.26. The summed E-state index contributed by atoms with van der Waals surface area (Å²) >= 11 is 0. The molecule has 2 fully saturated rings. The van der Waals surface area contributed by atoms with Crippen LogP contribution in [0.25, 0.3) is 11.1 Å². The SMILES string of the molecule is CCN(c1cc2oc(CN3CCOCC3)nc2c(C(=O)NCc2c(C)cc(C)[nH]c2=O)c1C)C1CCN(C(C)=O)CC1. The Kier molecular flexibility index (Phi) is 8.98. The van der Waals surface area contributed by atoms with Crippen LogP contribution in [0.15, 0.2) is 21.3 Å². The third-order valence-electron chi connectivity index (χ3n) is 8.57. The molecule has 42 heavy (non-hydrogen) atoms. The quantitative estimate of drug-likeness (QED) is 0.418. The van der Waals surface area contributed by atoms with Crippen LogP contribution < -0.4 is 15.8 Å². The monoisotopic (exact) mass is 578 g/mol. The van der Waals surface area contributed by atoms with Crippen molar-refractivity contribution in [2.45, 2.75) is 66.6 Å². The van der Waals surface area contributed by atoms with Gasteiger partial charge in [-0.1, -0.05) is 0 Å². The van der Waals surface area contributed by atoms with Gasteiger partial charge >= 0.3 is 0 Å². The van der Waals surface area contributed by atoms with Gasteiger partial charge in [0.2, 0.25) is 11.8 Å². The first-order valence-electron chi connectivity index (χ1n) is 14.9. The Morgan fingerprint density at radius 1 is 1.12 bits per heavy atom. The van der Waals surface area contributed by atoms with Crippen molar-refractivity contribution >= 4 is 28.6 Å². The van der Waals surface area contributed by atoms with Crippen LogP contribution in [0.3, 0.4) is 0 Å². The first kappa shape index (κ1) is 29.8. The zero-order chi connectivity index (χ0) is 30.0. The number of pyridine rings is 1. The molecule has 2 aliphatic rings. The Labute approximate surface area is 246 Å². The number of piperidine rings is 1. The van der Waals surface area contributed by atoms with E-state index in [0.717, 1.165) is 55.0 Å². The number of fused-ring (bicyclic) bond motifs is 1. The molecule has 1 aromatic carbocycles. The Bertz CT molecular complexity index is 1510. The summed E-state index contributed by atoms with van der Waals surface area (Å²) in [5, 5.41) is 2.99. The lowest BCUT2D eigenvalue weighted by atomic mass is 9.98. The molecule has 2 saturated heterocycles. The molecule has 2 aromatic heterocycles. The van der Waals surface area contributed by atoms with Crippen molar-refractivity contribution < 1.29 is 18.7 Å². The highest BCUT2D eigenvalue weighted by Gasteiger charge is 2.29. The van der Waals surface area contributed by atoms with E-state index in [9.17, 15) is 14.4 Å². The average Bonchev–Trinajstić information content (AvgIpc) is 3.35. The molecule has 0 saturated carbocycles. The number of carbonyl (C=O) groups excluding carboxylic acids is 2. The van der Waals surface area contributed by atoms with Gasteiger partial charge in [-0.05, 0) is 57.7 Å². The smallest absolute Gasteiger partial charge is 0.254 e. The van der Waals surface area contributed by atoms with E-state index in [4.69, 9.17) is 14.1 Å². The molecule has 2 aliphatic heterocycles. The molecule has 0 atom stereocenters. The predicted octanol–water partition coefficient (Wildman–Crippen LogP) is 3.04. The van der Waals surface area contributed by atoms with Crippen molar-refractivity contribution in [1.82, 2.24) is 25.1 Å². The molecule has 2 N–H and O–H groups in total. The van der Waals surface area contributed by atoms with Gasteiger partial charge in [-0.15, -0.1) is 0 Å². The van der Waals surface area contributed by atoms with Gasteiger partial charge in [0.25, 0.3) is 11.5 Å². The minimum Gasteiger partial charge on any atom is -0.439 e. The van der Waals surface area contributed by atoms with Crippen LogP contribution in [0, 0.1) is 20.8 Å². The van der Waals surface area contributed by atoms with E-state index in [1.165, 1.54) is 0 Å². The number of nitrogens with one attached hydrogen (secondary N) is 2. The topological polar surface area (TPSA) is 124 Å². The zero-order valence-corrected chi connectivity index (χ0v) is 25.3. The lowest BCUT2D eigenvalue weighted by Gasteiger charge is -2.40. The molecular weight excluding hydrogens is 536 g/mol. The first-order valence-corrected chi connectivity index (χ1v) is 14.9. The normalized spacial score (nSPS) is 16.6. The molecule has 0 radical (unpaired) electrons. The van der Waals surface area contributed by atoms with Crippen molar-refractivity contribution in [3.05, 3.63) is 56.3 Å². The highest BCUT2D eigenvalue weighted by molar-refractivity contribution is 6.07. The van der Waals surface area contributed by atoms with E-state index < -0.39 is 0 Å². The summed E-state index contributed by atoms with van der Waals surface area (Å²) in [6.07, 6.45) is 1.70. The number of hydrogen-bond donors (Lipinski definition) is 2. The van der Waals surface area contributed by atoms with Crippen molar-refractivity contribution in [3.63, 3.8) is 0 Å². The van der Waals surface area contributed by atoms with Gasteiger partial charge in [-0.25, -0.2) is 4.98 Å². The number of rotatable bonds is 8. The van der Waals surface area contributed by atoms with Gasteiger partial charge in [0.15, 0.2) is 5.58 Å². The fraction of sp³-hybridized carbons (Fsp3) is 0.548. The lowest BCUT2D eigenvalue weighted by molar-refractivity contribution is -0.129. The van der Waals surface area contributed by atoms with E-state index >= 15 is 0 Å². The minimum absolute atomic E-state index is 0.102. The Morgan fingerprint density at radius 3 is 2.48 bits per heavy atom. The van der Waals surface area contributed by atoms with Crippen molar-refractivity contribution in [1.29, 1.82) is 0 Å². The summed E-state index contributed by atoms with van der Waals surface area (Å²) < 4.78 is 11.8. The number of hydrogen-bond acceptors (Lipinski definition) is 8. The fourth-order valence-electron chi connectivity index (χ4n) is 6.26. The van der Waals surface area contributed by atoms with Crippen molar-refractivity contribution in [3.8, 4) is 0 Å². The molecule has 2 amide bonds. The van der Waals surface area contributed by atoms with Gasteiger partial charge in [0.05, 0.1) is 25.3 Å². The van der Waals surface area contributed by atoms with Crippen LogP contribution in [0.5, 0.6) is 0 Å². The number of amides is 2. The molecule has 3 aromatic rings. The van der Waals surface area contributed by atoms with Gasteiger partial charge in [0, 0.05) is 75.2 Å². The molecule has 4 heterocycles. The zero-order valence-electron chi connectivity index (χ0n) is 25.3. The van der Waals surface area contributed by atoms with Gasteiger partial charge < -0.3 is 29.3 Å². The maximum Gasteiger partial charge on any atom is 0.254 e. The summed E-state index contributed by atoms with van der Waals surface area (Å²) in [6, 6.07) is 4.13. The summed E-state index contributed by atoms with van der Waals surface area (Å²) in [5.41, 5.74) is 5.22. The van der Waals surface area contributed by atoms with E-state index in [1.54, 1.807) is 6.92 Å². The third-order valence-corrected chi connectivity index (χ3v) is 8.57. The van der Waals surface area contributed by atoms with Gasteiger partial charge in [-0.2, -0.15) is 0 Å². The Balaban J connectivity index is 1.50. The van der Waals surface area contributed by atoms with Crippen molar-refractivity contribution in [2.24, 2.45) is 0 Å². The van der Waals surface area contributed by atoms with Crippen LogP contribution in [0.1, 0.15) is 65.3 Å². The van der Waals surface area contributed by atoms with Crippen LogP contribution in [-0.2, 0) is 22.6 Å². The molecule has 0 bridgehead atoms. The second-order valence-electron chi connectivity index (χ2n) is 11.4. The first-order chi connectivity index (χ1) is 20.2. The van der Waals surface area contributed by atoms with Gasteiger partial charge in [-0.3, -0.25) is 19.3 Å². The average molecular weight is 579 g/mol. The number of oxazole rings is 1. The lowest BCUT2D eigenvalue weighted by Crippen LogP contribution is -2.46. The molecule has 5 rings (SSSR count). The number of benzene rings is 1. The number of morpholine rings is 1. The van der Waals surface area contributed by atoms with Crippen molar-refractivity contribution in [2.75, 3.05) is 50.8 Å². The molecule has 0 aliphatic carbocycles. The van der Waals surface area contributed by atoms with E-state index in [-0.39, 0.29) is 30.0 Å². The summed E-state index contributed by atoms with van der Waals surface area (Å²) in [5.74, 6) is 0.360. The second kappa shape index (κ2) is 12.7. The van der Waals surface area contributed by atoms with E-state index in [2.05, 4.69) is 27.0 Å². The molecule has 0 spiro atoms. The number of H-pyrrole nitrogens is 1. The third kappa shape index (κ3) is 6.22. The maximum absolute atomic E-state index is 13.9. The van der Waals surface area contributed by atoms with Crippen LogP contribution >= 0.6 is 0 Å². The van der Waals surface area contributed by atoms with Crippen LogP contribution in [0.2, 0.25) is 0 Å². The van der Waals surface area contributed by atoms with E-state index in [1.807, 2.05) is 37.8 Å². The summed E-state index contributed by atoms with van der Waals surface area (Å²) in [6.45, 7) is 15.1. The highest BCUT2D eigenvalue weighted by atomic mass is 16.5. The number of carbonyl (C=O) groups is 2. The van der Waals surface area contributed by atoms with Gasteiger partial charge in [0.1, 0.15) is 5.52 Å². The maximum atomic E-state index is 13.9. The summed E-state index contributed by atoms with van der Waals surface area (Å²) in [7, 11) is 0. The minimum atomic E-state index is -0.299. The Hall–Kier alpha value is -3.70. The molecule has 11 nitrogen and oxygen atoms in total. The molecule has 226 valence electrons. The molecular formula is C31H42N6O5. The molecule has 11 heteroatoms. The number of aryl methyl sites for hydroxylation is 2. The second-order valence-corrected chi connectivity index (χ2v) is 11.4. The summed E-state index contributed by atoms with van der Waals surface area (Å²) in [4.78, 5) is 52.5. The number of anilines is 1.